The van der Waals surface area contributed by atoms with E-state index >= 15 is 0 Å². The lowest BCUT2D eigenvalue weighted by Gasteiger charge is -2.10. The van der Waals surface area contributed by atoms with Gasteiger partial charge in [-0.05, 0) is 12.8 Å². The number of hydrogen-bond acceptors (Lipinski definition) is 2. The fraction of sp³-hybridized carbons (Fsp3) is 1.00. The Kier molecular flexibility index (Phi) is 1.80. The SMILES string of the molecule is CS(=N)(=N)C1CCCC1. The van der Waals surface area contributed by atoms with Crippen molar-refractivity contribution in [1.29, 1.82) is 9.56 Å². The van der Waals surface area contributed by atoms with E-state index in [4.69, 9.17) is 9.56 Å². The van der Waals surface area contributed by atoms with Crippen LogP contribution in [-0.2, 0) is 9.62 Å². The second kappa shape index (κ2) is 2.29. The quantitative estimate of drug-likeness (QED) is 0.570. The molecule has 0 saturated heterocycles. The minimum atomic E-state index is -1.70. The van der Waals surface area contributed by atoms with Crippen molar-refractivity contribution in [2.24, 2.45) is 0 Å². The fourth-order valence-corrected chi connectivity index (χ4v) is 2.64. The van der Waals surface area contributed by atoms with E-state index in [9.17, 15) is 0 Å². The third-order valence-corrected chi connectivity index (χ3v) is 3.77. The topological polar surface area (TPSA) is 47.7 Å². The summed E-state index contributed by atoms with van der Waals surface area (Å²) >= 11 is 0. The van der Waals surface area contributed by atoms with Crippen molar-refractivity contribution >= 4 is 9.62 Å². The molecule has 0 aromatic rings. The van der Waals surface area contributed by atoms with Crippen LogP contribution < -0.4 is 0 Å². The lowest BCUT2D eigenvalue weighted by Crippen LogP contribution is -2.11. The molecule has 0 aliphatic heterocycles. The van der Waals surface area contributed by atoms with Crippen LogP contribution in [0.2, 0.25) is 0 Å². The average Bonchev–Trinajstić information content (AvgIpc) is 2.08. The second-order valence-corrected chi connectivity index (χ2v) is 5.52. The van der Waals surface area contributed by atoms with Crippen LogP contribution in [-0.4, -0.2) is 11.5 Å². The Labute approximate surface area is 57.1 Å². The second-order valence-electron chi connectivity index (χ2n) is 2.89. The van der Waals surface area contributed by atoms with Crippen LogP contribution in [0.5, 0.6) is 0 Å². The number of hydrogen-bond donors (Lipinski definition) is 2. The van der Waals surface area contributed by atoms with Crippen LogP contribution in [0.15, 0.2) is 0 Å². The molecule has 0 bridgehead atoms. The van der Waals surface area contributed by atoms with E-state index in [0.717, 1.165) is 12.8 Å². The summed E-state index contributed by atoms with van der Waals surface area (Å²) in [4.78, 5) is 0. The highest BCUT2D eigenvalue weighted by molar-refractivity contribution is 7.93. The molecule has 1 aliphatic rings. The molecule has 2 nitrogen and oxygen atoms in total. The van der Waals surface area contributed by atoms with E-state index in [1.165, 1.54) is 12.8 Å². The highest BCUT2D eigenvalue weighted by atomic mass is 32.2. The van der Waals surface area contributed by atoms with E-state index in [-0.39, 0.29) is 0 Å². The molecule has 0 radical (unpaired) electrons. The van der Waals surface area contributed by atoms with E-state index in [2.05, 4.69) is 0 Å². The van der Waals surface area contributed by atoms with Gasteiger partial charge in [0, 0.05) is 11.5 Å². The Balaban J connectivity index is 2.63. The van der Waals surface area contributed by atoms with Gasteiger partial charge in [0.1, 0.15) is 0 Å². The highest BCUT2D eigenvalue weighted by Crippen LogP contribution is 2.24. The first-order valence-corrected chi connectivity index (χ1v) is 5.47. The molecule has 1 saturated carbocycles. The van der Waals surface area contributed by atoms with E-state index in [1.807, 2.05) is 0 Å². The van der Waals surface area contributed by atoms with Crippen LogP contribution in [0.4, 0.5) is 0 Å². The Morgan fingerprint density at radius 2 is 1.67 bits per heavy atom. The number of rotatable bonds is 1. The maximum Gasteiger partial charge on any atom is 0.0241 e. The van der Waals surface area contributed by atoms with Crippen LogP contribution in [0.1, 0.15) is 25.7 Å². The first-order chi connectivity index (χ1) is 4.11. The van der Waals surface area contributed by atoms with E-state index < -0.39 is 9.62 Å². The summed E-state index contributed by atoms with van der Waals surface area (Å²) in [6.45, 7) is 0. The molecule has 0 aromatic heterocycles. The molecule has 3 heteroatoms. The molecule has 0 spiro atoms. The first kappa shape index (κ1) is 7.06. The summed E-state index contributed by atoms with van der Waals surface area (Å²) in [7, 11) is -1.70. The number of nitrogens with one attached hydrogen (secondary N) is 2. The molecule has 9 heavy (non-hydrogen) atoms. The van der Waals surface area contributed by atoms with Crippen molar-refractivity contribution < 1.29 is 0 Å². The largest absolute Gasteiger partial charge is 0.270 e. The molecule has 1 fully saturated rings. The normalized spacial score (nSPS) is 22.8. The van der Waals surface area contributed by atoms with Gasteiger partial charge in [0.15, 0.2) is 0 Å². The summed E-state index contributed by atoms with van der Waals surface area (Å²) in [6, 6.07) is 0. The standard InChI is InChI=1S/C6H14N2S/c1-9(7,8)6-4-2-3-5-6/h6-8H,2-5H2,1H3. The van der Waals surface area contributed by atoms with Gasteiger partial charge in [-0.15, -0.1) is 0 Å². The third-order valence-electron chi connectivity index (χ3n) is 1.97. The monoisotopic (exact) mass is 146 g/mol. The van der Waals surface area contributed by atoms with Crippen molar-refractivity contribution in [2.75, 3.05) is 6.26 Å². The Morgan fingerprint density at radius 3 is 1.89 bits per heavy atom. The average molecular weight is 146 g/mol. The Hall–Kier alpha value is -0.0500. The summed E-state index contributed by atoms with van der Waals surface area (Å²) in [5.41, 5.74) is 0. The van der Waals surface area contributed by atoms with Gasteiger partial charge in [0.05, 0.1) is 0 Å². The molecule has 1 aliphatic carbocycles. The van der Waals surface area contributed by atoms with Crippen molar-refractivity contribution in [3.8, 4) is 0 Å². The Morgan fingerprint density at radius 1 is 1.22 bits per heavy atom. The van der Waals surface area contributed by atoms with Gasteiger partial charge in [0.25, 0.3) is 0 Å². The zero-order chi connectivity index (χ0) is 6.91. The van der Waals surface area contributed by atoms with Gasteiger partial charge in [-0.2, -0.15) is 0 Å². The summed E-state index contributed by atoms with van der Waals surface area (Å²) < 4.78 is 15.0. The van der Waals surface area contributed by atoms with Crippen LogP contribution in [0.25, 0.3) is 0 Å². The smallest absolute Gasteiger partial charge is 0.0241 e. The first-order valence-electron chi connectivity index (χ1n) is 3.37. The molecule has 0 amide bonds. The Bertz CT molecular complexity index is 175. The lowest BCUT2D eigenvalue weighted by molar-refractivity contribution is 0.886. The molecule has 0 unspecified atom stereocenters. The van der Waals surface area contributed by atoms with Gasteiger partial charge in [0.2, 0.25) is 0 Å². The highest BCUT2D eigenvalue weighted by Gasteiger charge is 2.18. The zero-order valence-electron chi connectivity index (χ0n) is 5.81. The maximum absolute atomic E-state index is 7.48. The molecule has 0 heterocycles. The molecular formula is C6H14N2S. The molecule has 2 N–H and O–H groups in total. The fourth-order valence-electron chi connectivity index (χ4n) is 1.36. The van der Waals surface area contributed by atoms with E-state index in [0.29, 0.717) is 5.25 Å². The summed E-state index contributed by atoms with van der Waals surface area (Å²) in [6.07, 6.45) is 6.57. The predicted octanol–water partition coefficient (Wildman–Crippen LogP) is 2.24. The zero-order valence-corrected chi connectivity index (χ0v) is 6.63. The molecule has 54 valence electrons. The minimum absolute atomic E-state index is 0.428. The lowest BCUT2D eigenvalue weighted by atomic mass is 10.4. The van der Waals surface area contributed by atoms with Gasteiger partial charge >= 0.3 is 0 Å². The van der Waals surface area contributed by atoms with Gasteiger partial charge in [-0.1, -0.05) is 22.5 Å². The van der Waals surface area contributed by atoms with Crippen LogP contribution in [0, 0.1) is 9.56 Å². The molecular weight excluding hydrogens is 132 g/mol. The molecule has 1 rings (SSSR count). The van der Waals surface area contributed by atoms with Gasteiger partial charge in [-0.25, -0.2) is 0 Å². The maximum atomic E-state index is 7.48. The van der Waals surface area contributed by atoms with Crippen molar-refractivity contribution in [1.82, 2.24) is 0 Å². The van der Waals surface area contributed by atoms with Gasteiger partial charge < -0.3 is 0 Å². The molecule has 0 aromatic carbocycles. The van der Waals surface area contributed by atoms with Crippen LogP contribution >= 0.6 is 0 Å². The van der Waals surface area contributed by atoms with Crippen molar-refractivity contribution in [2.45, 2.75) is 30.9 Å². The molecule has 0 atom stereocenters. The third kappa shape index (κ3) is 1.68. The summed E-state index contributed by atoms with van der Waals surface area (Å²) in [5, 5.41) is 0.428. The van der Waals surface area contributed by atoms with Gasteiger partial charge in [-0.3, -0.25) is 9.56 Å². The van der Waals surface area contributed by atoms with E-state index in [1.54, 1.807) is 6.26 Å². The summed E-state index contributed by atoms with van der Waals surface area (Å²) in [5.74, 6) is 0. The van der Waals surface area contributed by atoms with Crippen molar-refractivity contribution in [3.05, 3.63) is 0 Å². The van der Waals surface area contributed by atoms with Crippen LogP contribution in [0.3, 0.4) is 0 Å². The minimum Gasteiger partial charge on any atom is -0.270 e. The predicted molar refractivity (Wildman–Crippen MR) is 41.0 cm³/mol. The van der Waals surface area contributed by atoms with Crippen molar-refractivity contribution in [3.63, 3.8) is 0 Å².